The summed E-state index contributed by atoms with van der Waals surface area (Å²) >= 11 is 1.41. The molecule has 0 unspecified atom stereocenters. The van der Waals surface area contributed by atoms with Crippen LogP contribution < -0.4 is 10.6 Å². The number of aliphatic carboxylic acids is 1. The van der Waals surface area contributed by atoms with E-state index in [1.807, 2.05) is 0 Å². The van der Waals surface area contributed by atoms with Crippen molar-refractivity contribution in [3.63, 3.8) is 0 Å². The van der Waals surface area contributed by atoms with Gasteiger partial charge in [0.05, 0.1) is 22.2 Å². The Morgan fingerprint density at radius 1 is 1.08 bits per heavy atom. The number of para-hydroxylation sites is 1. The number of rotatable bonds is 8. The third-order valence-electron chi connectivity index (χ3n) is 4.60. The standard InChI is InChI=1S/C19H22N2O4S/c1-3-19(4-2,18(24)25)12-20-17(23)14-7-5-6-8-15(14)21-16(22)13-9-10-26-11-13/h5-11H,3-4,12H2,1-2H3,(H,20,23)(H,21,22)(H,24,25). The molecule has 0 atom stereocenters. The highest BCUT2D eigenvalue weighted by Crippen LogP contribution is 2.26. The molecule has 0 aliphatic heterocycles. The van der Waals surface area contributed by atoms with E-state index in [9.17, 15) is 19.5 Å². The minimum absolute atomic E-state index is 0.0287. The van der Waals surface area contributed by atoms with Crippen molar-refractivity contribution in [3.8, 4) is 0 Å². The Hall–Kier alpha value is -2.67. The number of carbonyl (C=O) groups excluding carboxylic acids is 2. The second-order valence-electron chi connectivity index (χ2n) is 5.99. The van der Waals surface area contributed by atoms with E-state index in [4.69, 9.17) is 0 Å². The van der Waals surface area contributed by atoms with Gasteiger partial charge in [0.2, 0.25) is 0 Å². The number of hydrogen-bond acceptors (Lipinski definition) is 4. The zero-order chi connectivity index (χ0) is 19.2. The van der Waals surface area contributed by atoms with Crippen LogP contribution in [-0.4, -0.2) is 29.4 Å². The number of carboxylic acid groups (broad SMARTS) is 1. The Morgan fingerprint density at radius 3 is 2.35 bits per heavy atom. The van der Waals surface area contributed by atoms with Gasteiger partial charge in [0, 0.05) is 11.9 Å². The summed E-state index contributed by atoms with van der Waals surface area (Å²) in [5.74, 6) is -1.64. The third-order valence-corrected chi connectivity index (χ3v) is 5.28. The lowest BCUT2D eigenvalue weighted by Gasteiger charge is -2.27. The highest BCUT2D eigenvalue weighted by atomic mass is 32.1. The second kappa shape index (κ2) is 8.62. The van der Waals surface area contributed by atoms with Gasteiger partial charge in [-0.05, 0) is 36.4 Å². The van der Waals surface area contributed by atoms with Gasteiger partial charge >= 0.3 is 5.97 Å². The molecular weight excluding hydrogens is 352 g/mol. The first-order valence-corrected chi connectivity index (χ1v) is 9.32. The van der Waals surface area contributed by atoms with Crippen LogP contribution in [0.3, 0.4) is 0 Å². The maximum Gasteiger partial charge on any atom is 0.311 e. The highest BCUT2D eigenvalue weighted by Gasteiger charge is 2.35. The van der Waals surface area contributed by atoms with Crippen molar-refractivity contribution in [2.75, 3.05) is 11.9 Å². The molecule has 1 aromatic heterocycles. The summed E-state index contributed by atoms with van der Waals surface area (Å²) in [4.78, 5) is 36.4. The van der Waals surface area contributed by atoms with Gasteiger partial charge < -0.3 is 15.7 Å². The van der Waals surface area contributed by atoms with Crippen molar-refractivity contribution < 1.29 is 19.5 Å². The molecule has 2 aromatic rings. The monoisotopic (exact) mass is 374 g/mol. The van der Waals surface area contributed by atoms with E-state index in [2.05, 4.69) is 10.6 Å². The number of carbonyl (C=O) groups is 3. The van der Waals surface area contributed by atoms with Gasteiger partial charge in [-0.25, -0.2) is 0 Å². The van der Waals surface area contributed by atoms with E-state index in [1.165, 1.54) is 11.3 Å². The molecule has 0 aliphatic carbocycles. The lowest BCUT2D eigenvalue weighted by atomic mass is 9.82. The Morgan fingerprint density at radius 2 is 1.77 bits per heavy atom. The first-order chi connectivity index (χ1) is 12.4. The Bertz CT molecular complexity index is 783. The summed E-state index contributed by atoms with van der Waals surface area (Å²) in [7, 11) is 0. The van der Waals surface area contributed by atoms with Gasteiger partial charge in [-0.2, -0.15) is 11.3 Å². The number of benzene rings is 1. The van der Waals surface area contributed by atoms with Crippen molar-refractivity contribution in [1.29, 1.82) is 0 Å². The van der Waals surface area contributed by atoms with E-state index in [0.29, 0.717) is 29.7 Å². The highest BCUT2D eigenvalue weighted by molar-refractivity contribution is 7.08. The van der Waals surface area contributed by atoms with Crippen LogP contribution in [0.1, 0.15) is 47.4 Å². The molecule has 2 rings (SSSR count). The molecule has 0 bridgehead atoms. The van der Waals surface area contributed by atoms with Crippen LogP contribution in [0.25, 0.3) is 0 Å². The molecule has 3 N–H and O–H groups in total. The fraction of sp³-hybridized carbons (Fsp3) is 0.316. The van der Waals surface area contributed by atoms with E-state index < -0.39 is 17.3 Å². The van der Waals surface area contributed by atoms with Gasteiger partial charge in [0.15, 0.2) is 0 Å². The lowest BCUT2D eigenvalue weighted by Crippen LogP contribution is -2.42. The summed E-state index contributed by atoms with van der Waals surface area (Å²) in [6.45, 7) is 3.61. The predicted octanol–water partition coefficient (Wildman–Crippen LogP) is 3.62. The predicted molar refractivity (Wildman–Crippen MR) is 102 cm³/mol. The van der Waals surface area contributed by atoms with E-state index in [0.717, 1.165) is 0 Å². The van der Waals surface area contributed by atoms with E-state index in [1.54, 1.807) is 54.9 Å². The molecular formula is C19H22N2O4S. The molecule has 6 nitrogen and oxygen atoms in total. The minimum atomic E-state index is -0.996. The fourth-order valence-corrected chi connectivity index (χ4v) is 3.24. The first-order valence-electron chi connectivity index (χ1n) is 8.37. The maximum absolute atomic E-state index is 12.6. The van der Waals surface area contributed by atoms with Crippen molar-refractivity contribution >= 4 is 34.8 Å². The lowest BCUT2D eigenvalue weighted by molar-refractivity contribution is -0.149. The summed E-state index contributed by atoms with van der Waals surface area (Å²) in [5, 5.41) is 18.4. The van der Waals surface area contributed by atoms with Crippen molar-refractivity contribution in [2.24, 2.45) is 5.41 Å². The van der Waals surface area contributed by atoms with Gasteiger partial charge in [0.1, 0.15) is 0 Å². The second-order valence-corrected chi connectivity index (χ2v) is 6.77. The molecule has 1 aromatic carbocycles. The van der Waals surface area contributed by atoms with Crippen LogP contribution in [0.2, 0.25) is 0 Å². The normalized spacial score (nSPS) is 11.0. The van der Waals surface area contributed by atoms with Crippen molar-refractivity contribution in [3.05, 3.63) is 52.2 Å². The molecule has 1 heterocycles. The molecule has 0 saturated heterocycles. The fourth-order valence-electron chi connectivity index (χ4n) is 2.60. The molecule has 138 valence electrons. The van der Waals surface area contributed by atoms with Crippen LogP contribution in [0.5, 0.6) is 0 Å². The first kappa shape index (κ1) is 19.7. The van der Waals surface area contributed by atoms with Crippen LogP contribution in [0.4, 0.5) is 5.69 Å². The molecule has 0 spiro atoms. The van der Waals surface area contributed by atoms with Gasteiger partial charge in [-0.15, -0.1) is 0 Å². The number of anilines is 1. The summed E-state index contributed by atoms with van der Waals surface area (Å²) in [6, 6.07) is 8.35. The van der Waals surface area contributed by atoms with Gasteiger partial charge in [0.25, 0.3) is 11.8 Å². The quantitative estimate of drug-likeness (QED) is 0.657. The Balaban J connectivity index is 2.14. The molecule has 0 saturated carbocycles. The molecule has 26 heavy (non-hydrogen) atoms. The minimum Gasteiger partial charge on any atom is -0.481 e. The van der Waals surface area contributed by atoms with Crippen LogP contribution in [0, 0.1) is 5.41 Å². The number of thiophene rings is 1. The summed E-state index contributed by atoms with van der Waals surface area (Å²) < 4.78 is 0. The summed E-state index contributed by atoms with van der Waals surface area (Å²) in [5.41, 5.74) is 0.203. The summed E-state index contributed by atoms with van der Waals surface area (Å²) in [6.07, 6.45) is 0.825. The number of amides is 2. The Kier molecular flexibility index (Phi) is 6.52. The molecule has 7 heteroatoms. The SMILES string of the molecule is CCC(CC)(CNC(=O)c1ccccc1NC(=O)c1ccsc1)C(=O)O. The maximum atomic E-state index is 12.6. The number of carboxylic acids is 1. The van der Waals surface area contributed by atoms with E-state index >= 15 is 0 Å². The van der Waals surface area contributed by atoms with Crippen molar-refractivity contribution in [2.45, 2.75) is 26.7 Å². The Labute approximate surface area is 156 Å². The topological polar surface area (TPSA) is 95.5 Å². The van der Waals surface area contributed by atoms with Gasteiger partial charge in [-0.1, -0.05) is 26.0 Å². The zero-order valence-corrected chi connectivity index (χ0v) is 15.6. The molecule has 2 amide bonds. The van der Waals surface area contributed by atoms with Gasteiger partial charge in [-0.3, -0.25) is 14.4 Å². The molecule has 0 radical (unpaired) electrons. The van der Waals surface area contributed by atoms with Crippen LogP contribution in [0.15, 0.2) is 41.1 Å². The van der Waals surface area contributed by atoms with Crippen LogP contribution in [-0.2, 0) is 4.79 Å². The van der Waals surface area contributed by atoms with Crippen molar-refractivity contribution in [1.82, 2.24) is 5.32 Å². The third kappa shape index (κ3) is 4.29. The zero-order valence-electron chi connectivity index (χ0n) is 14.7. The van der Waals surface area contributed by atoms with Crippen LogP contribution >= 0.6 is 11.3 Å². The average molecular weight is 374 g/mol. The molecule has 0 fully saturated rings. The number of hydrogen-bond donors (Lipinski definition) is 3. The average Bonchev–Trinajstić information content (AvgIpc) is 3.18. The smallest absolute Gasteiger partial charge is 0.311 e. The largest absolute Gasteiger partial charge is 0.481 e. The number of nitrogens with one attached hydrogen (secondary N) is 2. The van der Waals surface area contributed by atoms with E-state index in [-0.39, 0.29) is 12.5 Å². The molecule has 0 aliphatic rings.